The fraction of sp³-hybridized carbons (Fsp3) is 0.765. The van der Waals surface area contributed by atoms with E-state index in [0.29, 0.717) is 6.04 Å². The predicted octanol–water partition coefficient (Wildman–Crippen LogP) is 1.53. The highest BCUT2D eigenvalue weighted by Crippen LogP contribution is 2.16. The smallest absolute Gasteiger partial charge is 0.193 e. The maximum absolute atomic E-state index is 4.49. The monoisotopic (exact) mass is 320 g/mol. The van der Waals surface area contributed by atoms with Gasteiger partial charge in [-0.2, -0.15) is 5.10 Å². The molecule has 1 aliphatic rings. The number of aromatic nitrogens is 2. The fourth-order valence-electron chi connectivity index (χ4n) is 3.55. The summed E-state index contributed by atoms with van der Waals surface area (Å²) in [6, 6.07) is 0.644. The number of likely N-dealkylation sites (N-methyl/N-ethyl adjacent to an activating group) is 1. The van der Waals surface area contributed by atoms with Crippen molar-refractivity contribution in [2.24, 2.45) is 12.0 Å². The molecule has 1 atom stereocenters. The van der Waals surface area contributed by atoms with Gasteiger partial charge in [-0.05, 0) is 33.4 Å². The highest BCUT2D eigenvalue weighted by molar-refractivity contribution is 5.80. The van der Waals surface area contributed by atoms with Crippen molar-refractivity contribution in [3.63, 3.8) is 0 Å². The van der Waals surface area contributed by atoms with E-state index >= 15 is 0 Å². The number of hydrogen-bond donors (Lipinski definition) is 1. The minimum absolute atomic E-state index is 0.644. The van der Waals surface area contributed by atoms with E-state index in [2.05, 4.69) is 52.9 Å². The Balaban J connectivity index is 1.96. The van der Waals surface area contributed by atoms with Crippen molar-refractivity contribution in [3.8, 4) is 0 Å². The molecule has 0 aromatic carbocycles. The van der Waals surface area contributed by atoms with Crippen LogP contribution in [0.2, 0.25) is 0 Å². The first-order valence-corrected chi connectivity index (χ1v) is 8.70. The van der Waals surface area contributed by atoms with E-state index in [4.69, 9.17) is 0 Å². The summed E-state index contributed by atoms with van der Waals surface area (Å²) in [6.07, 6.45) is 1.22. The zero-order chi connectivity index (χ0) is 17.0. The maximum Gasteiger partial charge on any atom is 0.193 e. The topological polar surface area (TPSA) is 48.7 Å². The van der Waals surface area contributed by atoms with Crippen LogP contribution < -0.4 is 5.32 Å². The summed E-state index contributed by atoms with van der Waals surface area (Å²) in [5.41, 5.74) is 3.58. The van der Waals surface area contributed by atoms with E-state index in [1.54, 1.807) is 0 Å². The lowest BCUT2D eigenvalue weighted by molar-refractivity contribution is 0.223. The molecule has 1 aliphatic heterocycles. The van der Waals surface area contributed by atoms with Crippen LogP contribution in [0.5, 0.6) is 0 Å². The third-order valence-electron chi connectivity index (χ3n) is 5.09. The van der Waals surface area contributed by atoms with Gasteiger partial charge >= 0.3 is 0 Å². The van der Waals surface area contributed by atoms with Gasteiger partial charge in [-0.1, -0.05) is 13.8 Å². The van der Waals surface area contributed by atoms with Crippen LogP contribution in [0.25, 0.3) is 0 Å². The molecule has 2 rings (SSSR count). The minimum Gasteiger partial charge on any atom is -0.352 e. The molecule has 0 bridgehead atoms. The predicted molar refractivity (Wildman–Crippen MR) is 95.8 cm³/mol. The van der Waals surface area contributed by atoms with Crippen molar-refractivity contribution in [1.82, 2.24) is 24.9 Å². The standard InChI is InChI=1S/C17H32N6/c1-7-22(8-2)15-9-10-23(12-15)17(18-5)19-11-16-13(3)20-21(6)14(16)4/h15H,7-12H2,1-6H3,(H,18,19). The second-order valence-corrected chi connectivity index (χ2v) is 6.28. The van der Waals surface area contributed by atoms with Crippen LogP contribution in [-0.4, -0.2) is 64.8 Å². The van der Waals surface area contributed by atoms with E-state index in [1.807, 2.05) is 18.8 Å². The largest absolute Gasteiger partial charge is 0.352 e. The van der Waals surface area contributed by atoms with Crippen LogP contribution in [0, 0.1) is 13.8 Å². The lowest BCUT2D eigenvalue weighted by atomic mass is 10.2. The van der Waals surface area contributed by atoms with Crippen LogP contribution >= 0.6 is 0 Å². The number of likely N-dealkylation sites (tertiary alicyclic amines) is 1. The number of nitrogens with one attached hydrogen (secondary N) is 1. The first-order valence-electron chi connectivity index (χ1n) is 8.70. The number of aliphatic imine (C=N–C) groups is 1. The Hall–Kier alpha value is -1.56. The normalized spacial score (nSPS) is 19.0. The number of guanidine groups is 1. The van der Waals surface area contributed by atoms with Gasteiger partial charge in [-0.3, -0.25) is 14.6 Å². The third-order valence-corrected chi connectivity index (χ3v) is 5.09. The molecule has 1 unspecified atom stereocenters. The molecule has 130 valence electrons. The summed E-state index contributed by atoms with van der Waals surface area (Å²) in [5, 5.41) is 8.01. The Kier molecular flexibility index (Phi) is 6.04. The SMILES string of the molecule is CCN(CC)C1CCN(C(=NC)NCc2c(C)nn(C)c2C)C1. The van der Waals surface area contributed by atoms with Gasteiger partial charge in [0.2, 0.25) is 0 Å². The highest BCUT2D eigenvalue weighted by atomic mass is 15.3. The van der Waals surface area contributed by atoms with Gasteiger partial charge in [0.15, 0.2) is 5.96 Å². The van der Waals surface area contributed by atoms with Crippen molar-refractivity contribution in [3.05, 3.63) is 17.0 Å². The molecule has 0 saturated carbocycles. The van der Waals surface area contributed by atoms with Crippen molar-refractivity contribution >= 4 is 5.96 Å². The molecule has 2 heterocycles. The summed E-state index contributed by atoms with van der Waals surface area (Å²) < 4.78 is 1.95. The third kappa shape index (κ3) is 3.86. The minimum atomic E-state index is 0.644. The second kappa shape index (κ2) is 7.81. The number of rotatable bonds is 5. The van der Waals surface area contributed by atoms with E-state index < -0.39 is 0 Å². The molecule has 1 fully saturated rings. The summed E-state index contributed by atoms with van der Waals surface area (Å²) in [4.78, 5) is 9.41. The maximum atomic E-state index is 4.49. The van der Waals surface area contributed by atoms with Gasteiger partial charge in [-0.25, -0.2) is 0 Å². The molecular weight excluding hydrogens is 288 g/mol. The Morgan fingerprint density at radius 2 is 2.04 bits per heavy atom. The molecule has 1 aromatic heterocycles. The Bertz CT molecular complexity index is 544. The van der Waals surface area contributed by atoms with E-state index in [0.717, 1.165) is 44.4 Å². The van der Waals surface area contributed by atoms with Gasteiger partial charge < -0.3 is 10.2 Å². The molecule has 0 amide bonds. The Morgan fingerprint density at radius 3 is 2.57 bits per heavy atom. The van der Waals surface area contributed by atoms with Gasteiger partial charge in [0.05, 0.1) is 5.69 Å². The summed E-state index contributed by atoms with van der Waals surface area (Å²) in [6.45, 7) is 13.8. The van der Waals surface area contributed by atoms with Gasteiger partial charge in [0, 0.05) is 51.0 Å². The molecule has 0 radical (unpaired) electrons. The van der Waals surface area contributed by atoms with Gasteiger partial charge in [-0.15, -0.1) is 0 Å². The zero-order valence-electron chi connectivity index (χ0n) is 15.6. The highest BCUT2D eigenvalue weighted by Gasteiger charge is 2.28. The van der Waals surface area contributed by atoms with Crippen LogP contribution in [0.1, 0.15) is 37.2 Å². The quantitative estimate of drug-likeness (QED) is 0.660. The lowest BCUT2D eigenvalue weighted by Crippen LogP contribution is -2.43. The molecule has 0 spiro atoms. The molecule has 23 heavy (non-hydrogen) atoms. The first-order chi connectivity index (χ1) is 11.0. The second-order valence-electron chi connectivity index (χ2n) is 6.28. The average Bonchev–Trinajstić information content (AvgIpc) is 3.10. The van der Waals surface area contributed by atoms with Crippen LogP contribution in [0.3, 0.4) is 0 Å². The van der Waals surface area contributed by atoms with Crippen LogP contribution in [0.4, 0.5) is 0 Å². The van der Waals surface area contributed by atoms with E-state index in [9.17, 15) is 0 Å². The summed E-state index contributed by atoms with van der Waals surface area (Å²) in [7, 11) is 3.87. The first kappa shape index (κ1) is 17.8. The molecule has 6 nitrogen and oxygen atoms in total. The van der Waals surface area contributed by atoms with Crippen LogP contribution in [-0.2, 0) is 13.6 Å². The van der Waals surface area contributed by atoms with Gasteiger partial charge in [0.1, 0.15) is 0 Å². The fourth-order valence-corrected chi connectivity index (χ4v) is 3.55. The van der Waals surface area contributed by atoms with Crippen molar-refractivity contribution in [2.45, 2.75) is 46.7 Å². The molecule has 1 aromatic rings. The number of hydrogen-bond acceptors (Lipinski definition) is 3. The molecule has 1 saturated heterocycles. The van der Waals surface area contributed by atoms with E-state index in [-0.39, 0.29) is 0 Å². The summed E-state index contributed by atoms with van der Waals surface area (Å²) >= 11 is 0. The molecule has 1 N–H and O–H groups in total. The van der Waals surface area contributed by atoms with Crippen molar-refractivity contribution in [1.29, 1.82) is 0 Å². The Morgan fingerprint density at radius 1 is 1.35 bits per heavy atom. The van der Waals surface area contributed by atoms with Crippen molar-refractivity contribution in [2.75, 3.05) is 33.2 Å². The Labute approximate surface area is 140 Å². The van der Waals surface area contributed by atoms with Crippen molar-refractivity contribution < 1.29 is 0 Å². The molecule has 6 heteroatoms. The van der Waals surface area contributed by atoms with E-state index in [1.165, 1.54) is 17.7 Å². The van der Waals surface area contributed by atoms with Crippen LogP contribution in [0.15, 0.2) is 4.99 Å². The number of nitrogens with zero attached hydrogens (tertiary/aromatic N) is 5. The zero-order valence-corrected chi connectivity index (χ0v) is 15.6. The average molecular weight is 320 g/mol. The van der Waals surface area contributed by atoms with Gasteiger partial charge in [0.25, 0.3) is 0 Å². The molecular formula is C17H32N6. The number of aryl methyl sites for hydroxylation is 2. The molecule has 0 aliphatic carbocycles. The summed E-state index contributed by atoms with van der Waals surface area (Å²) in [5.74, 6) is 1.00. The lowest BCUT2D eigenvalue weighted by Gasteiger charge is -2.27.